The van der Waals surface area contributed by atoms with Crippen LogP contribution in [0.4, 0.5) is 5.69 Å². The number of nitrogens with zero attached hydrogens (tertiary/aromatic N) is 2. The third-order valence-corrected chi connectivity index (χ3v) is 2.54. The molecule has 0 spiro atoms. The predicted octanol–water partition coefficient (Wildman–Crippen LogP) is 2.98. The Kier molecular flexibility index (Phi) is 2.59. The highest BCUT2D eigenvalue weighted by Gasteiger charge is 2.09. The van der Waals surface area contributed by atoms with Crippen LogP contribution in [0.3, 0.4) is 0 Å². The molecule has 2 aromatic rings. The Morgan fingerprint density at radius 1 is 1.20 bits per heavy atom. The van der Waals surface area contributed by atoms with E-state index in [1.165, 1.54) is 0 Å². The first-order valence-electron chi connectivity index (χ1n) is 4.32. The van der Waals surface area contributed by atoms with Gasteiger partial charge in [0.25, 0.3) is 0 Å². The van der Waals surface area contributed by atoms with Gasteiger partial charge in [-0.2, -0.15) is 5.10 Å². The minimum Gasteiger partial charge on any atom is -0.396 e. The molecule has 15 heavy (non-hydrogen) atoms. The van der Waals surface area contributed by atoms with Crippen molar-refractivity contribution in [2.45, 2.75) is 0 Å². The molecule has 78 valence electrons. The Balaban J connectivity index is 2.63. The number of hydrogen-bond donors (Lipinski definition) is 1. The predicted molar refractivity (Wildman–Crippen MR) is 63.1 cm³/mol. The summed E-state index contributed by atoms with van der Waals surface area (Å²) in [6.45, 7) is 0. The van der Waals surface area contributed by atoms with Crippen LogP contribution in [0.25, 0.3) is 11.3 Å². The van der Waals surface area contributed by atoms with E-state index in [2.05, 4.69) is 5.10 Å². The highest BCUT2D eigenvalue weighted by atomic mass is 35.5. The molecule has 5 heteroatoms. The van der Waals surface area contributed by atoms with Gasteiger partial charge >= 0.3 is 0 Å². The molecular weight excluding hydrogens is 233 g/mol. The molecule has 0 saturated heterocycles. The molecule has 0 saturated carbocycles. The second-order valence-corrected chi connectivity index (χ2v) is 4.10. The van der Waals surface area contributed by atoms with Crippen molar-refractivity contribution in [1.29, 1.82) is 0 Å². The largest absolute Gasteiger partial charge is 0.396 e. The fourth-order valence-corrected chi connectivity index (χ4v) is 2.02. The quantitative estimate of drug-likeness (QED) is 0.835. The van der Waals surface area contributed by atoms with Gasteiger partial charge < -0.3 is 5.73 Å². The minimum atomic E-state index is 0.582. The minimum absolute atomic E-state index is 0.582. The van der Waals surface area contributed by atoms with Crippen molar-refractivity contribution in [2.75, 3.05) is 5.73 Å². The second kappa shape index (κ2) is 3.76. The van der Waals surface area contributed by atoms with Crippen LogP contribution in [-0.2, 0) is 7.05 Å². The molecule has 0 aliphatic rings. The number of nitrogen functional groups attached to an aromatic ring is 1. The van der Waals surface area contributed by atoms with E-state index in [1.54, 1.807) is 29.1 Å². The van der Waals surface area contributed by atoms with Gasteiger partial charge in [-0.3, -0.25) is 4.68 Å². The van der Waals surface area contributed by atoms with Crippen molar-refractivity contribution in [1.82, 2.24) is 9.78 Å². The number of rotatable bonds is 1. The molecule has 0 amide bonds. The van der Waals surface area contributed by atoms with E-state index in [1.807, 2.05) is 7.05 Å². The number of benzene rings is 1. The molecule has 3 nitrogen and oxygen atoms in total. The van der Waals surface area contributed by atoms with Gasteiger partial charge in [0, 0.05) is 22.7 Å². The van der Waals surface area contributed by atoms with Crippen LogP contribution in [0.1, 0.15) is 0 Å². The van der Waals surface area contributed by atoms with Crippen LogP contribution in [-0.4, -0.2) is 9.78 Å². The van der Waals surface area contributed by atoms with Gasteiger partial charge in [0.15, 0.2) is 0 Å². The molecule has 0 atom stereocenters. The van der Waals surface area contributed by atoms with Crippen molar-refractivity contribution < 1.29 is 0 Å². The fourth-order valence-electron chi connectivity index (χ4n) is 1.50. The summed E-state index contributed by atoms with van der Waals surface area (Å²) in [5.74, 6) is 0. The molecule has 0 bridgehead atoms. The molecule has 0 aliphatic carbocycles. The van der Waals surface area contributed by atoms with Crippen molar-refractivity contribution in [3.63, 3.8) is 0 Å². The van der Waals surface area contributed by atoms with E-state index in [0.717, 1.165) is 11.3 Å². The van der Waals surface area contributed by atoms with Gasteiger partial charge in [0.2, 0.25) is 0 Å². The van der Waals surface area contributed by atoms with E-state index < -0.39 is 0 Å². The summed E-state index contributed by atoms with van der Waals surface area (Å²) < 4.78 is 1.69. The number of hydrogen-bond acceptors (Lipinski definition) is 2. The van der Waals surface area contributed by atoms with Crippen LogP contribution < -0.4 is 5.73 Å². The maximum atomic E-state index is 5.92. The molecule has 1 aromatic carbocycles. The standard InChI is InChI=1S/C10H9Cl2N3/c1-15-10(9(13)5-14-15)6-2-7(11)4-8(12)3-6/h2-5H,13H2,1H3. The lowest BCUT2D eigenvalue weighted by Gasteiger charge is -2.05. The van der Waals surface area contributed by atoms with E-state index in [9.17, 15) is 0 Å². The first-order valence-corrected chi connectivity index (χ1v) is 5.07. The zero-order chi connectivity index (χ0) is 11.0. The molecule has 0 fully saturated rings. The van der Waals surface area contributed by atoms with Crippen molar-refractivity contribution in [2.24, 2.45) is 7.05 Å². The average molecular weight is 242 g/mol. The summed E-state index contributed by atoms with van der Waals surface area (Å²) in [6, 6.07) is 5.29. The van der Waals surface area contributed by atoms with Gasteiger partial charge in [0.1, 0.15) is 0 Å². The highest BCUT2D eigenvalue weighted by Crippen LogP contribution is 2.30. The molecule has 0 radical (unpaired) electrons. The summed E-state index contributed by atoms with van der Waals surface area (Å²) in [6.07, 6.45) is 1.60. The lowest BCUT2D eigenvalue weighted by Crippen LogP contribution is -1.95. The zero-order valence-corrected chi connectivity index (χ0v) is 9.55. The number of halogens is 2. The smallest absolute Gasteiger partial charge is 0.0909 e. The topological polar surface area (TPSA) is 43.8 Å². The third kappa shape index (κ3) is 1.94. The summed E-state index contributed by atoms with van der Waals surface area (Å²) in [7, 11) is 1.82. The maximum Gasteiger partial charge on any atom is 0.0909 e. The van der Waals surface area contributed by atoms with E-state index in [4.69, 9.17) is 28.9 Å². The van der Waals surface area contributed by atoms with Gasteiger partial charge in [-0.15, -0.1) is 0 Å². The van der Waals surface area contributed by atoms with Gasteiger partial charge in [0.05, 0.1) is 17.6 Å². The SMILES string of the molecule is Cn1ncc(N)c1-c1cc(Cl)cc(Cl)c1. The van der Waals surface area contributed by atoms with Gasteiger partial charge in [-0.25, -0.2) is 0 Å². The van der Waals surface area contributed by atoms with Crippen molar-refractivity contribution >= 4 is 28.9 Å². The number of aromatic nitrogens is 2. The van der Waals surface area contributed by atoms with Crippen LogP contribution in [0.5, 0.6) is 0 Å². The Bertz CT molecular complexity index is 466. The molecule has 2 rings (SSSR count). The Labute approximate surface area is 97.4 Å². The van der Waals surface area contributed by atoms with Crippen molar-refractivity contribution in [3.05, 3.63) is 34.4 Å². The van der Waals surface area contributed by atoms with Gasteiger partial charge in [-0.1, -0.05) is 23.2 Å². The second-order valence-electron chi connectivity index (χ2n) is 3.23. The maximum absolute atomic E-state index is 5.92. The molecular formula is C10H9Cl2N3. The Morgan fingerprint density at radius 3 is 2.27 bits per heavy atom. The number of aryl methyl sites for hydroxylation is 1. The summed E-state index contributed by atoms with van der Waals surface area (Å²) in [4.78, 5) is 0. The van der Waals surface area contributed by atoms with Crippen LogP contribution >= 0.6 is 23.2 Å². The van der Waals surface area contributed by atoms with Crippen LogP contribution in [0.15, 0.2) is 24.4 Å². The first kappa shape index (κ1) is 10.3. The number of nitrogens with two attached hydrogens (primary N) is 1. The van der Waals surface area contributed by atoms with Crippen molar-refractivity contribution in [3.8, 4) is 11.3 Å². The highest BCUT2D eigenvalue weighted by molar-refractivity contribution is 6.35. The Morgan fingerprint density at radius 2 is 1.80 bits per heavy atom. The molecule has 0 unspecified atom stereocenters. The third-order valence-electron chi connectivity index (χ3n) is 2.10. The van der Waals surface area contributed by atoms with E-state index >= 15 is 0 Å². The van der Waals surface area contributed by atoms with Crippen LogP contribution in [0, 0.1) is 0 Å². The Hall–Kier alpha value is -1.19. The fraction of sp³-hybridized carbons (Fsp3) is 0.100. The zero-order valence-electron chi connectivity index (χ0n) is 8.04. The summed E-state index contributed by atoms with van der Waals surface area (Å²) in [5, 5.41) is 5.22. The molecule has 1 aromatic heterocycles. The van der Waals surface area contributed by atoms with Crippen LogP contribution in [0.2, 0.25) is 10.0 Å². The normalized spacial score (nSPS) is 10.6. The van der Waals surface area contributed by atoms with E-state index in [-0.39, 0.29) is 0 Å². The monoisotopic (exact) mass is 241 g/mol. The number of anilines is 1. The first-order chi connectivity index (χ1) is 7.08. The molecule has 0 aliphatic heterocycles. The lowest BCUT2D eigenvalue weighted by molar-refractivity contribution is 0.776. The van der Waals surface area contributed by atoms with Gasteiger partial charge in [-0.05, 0) is 18.2 Å². The summed E-state index contributed by atoms with van der Waals surface area (Å²) >= 11 is 11.8. The lowest BCUT2D eigenvalue weighted by atomic mass is 10.1. The average Bonchev–Trinajstić information content (AvgIpc) is 2.44. The molecule has 1 heterocycles. The summed E-state index contributed by atoms with van der Waals surface area (Å²) in [5.41, 5.74) is 8.10. The van der Waals surface area contributed by atoms with E-state index in [0.29, 0.717) is 15.7 Å². The molecule has 2 N–H and O–H groups in total.